The Balaban J connectivity index is 1.87. The van der Waals surface area contributed by atoms with Gasteiger partial charge in [0, 0.05) is 13.1 Å². The van der Waals surface area contributed by atoms with E-state index in [2.05, 4.69) is 11.8 Å². The number of carboxylic acid groups (broad SMARTS) is 1. The molecule has 1 aromatic carbocycles. The molecule has 0 spiro atoms. The molecule has 21 heavy (non-hydrogen) atoms. The molecule has 0 aromatic heterocycles. The molecule has 4 nitrogen and oxygen atoms in total. The molecular weight excluding hydrogens is 273 g/mol. The topological polar surface area (TPSA) is 49.8 Å². The summed E-state index contributed by atoms with van der Waals surface area (Å²) in [4.78, 5) is 13.2. The summed E-state index contributed by atoms with van der Waals surface area (Å²) in [5.41, 5.74) is -0.0609. The third kappa shape index (κ3) is 4.43. The lowest BCUT2D eigenvalue weighted by atomic mass is 10.1. The van der Waals surface area contributed by atoms with Crippen molar-refractivity contribution in [1.82, 2.24) is 4.90 Å². The van der Waals surface area contributed by atoms with Crippen LogP contribution in [0.2, 0.25) is 0 Å². The molecule has 0 radical (unpaired) electrons. The molecule has 1 N–H and O–H groups in total. The normalized spacial score (nSPS) is 16.9. The second kappa shape index (κ2) is 7.41. The first-order valence-corrected chi connectivity index (χ1v) is 7.52. The van der Waals surface area contributed by atoms with Crippen LogP contribution in [-0.2, 0) is 0 Å². The van der Waals surface area contributed by atoms with Gasteiger partial charge in [-0.05, 0) is 44.0 Å². The molecule has 0 aliphatic carbocycles. The van der Waals surface area contributed by atoms with Gasteiger partial charge in [0.25, 0.3) is 0 Å². The van der Waals surface area contributed by atoms with Crippen molar-refractivity contribution < 1.29 is 19.0 Å². The Labute approximate surface area is 124 Å². The number of aromatic carboxylic acids is 1. The minimum Gasteiger partial charge on any atom is -0.487 e. The second-order valence-electron chi connectivity index (χ2n) is 5.46. The summed E-state index contributed by atoms with van der Waals surface area (Å²) in [6.45, 7) is 5.24. The van der Waals surface area contributed by atoms with Gasteiger partial charge in [-0.25, -0.2) is 9.18 Å². The third-order valence-corrected chi connectivity index (χ3v) is 3.83. The van der Waals surface area contributed by atoms with Crippen molar-refractivity contribution in [3.05, 3.63) is 29.6 Å². The minimum absolute atomic E-state index is 0.00746. The Morgan fingerprint density at radius 3 is 2.71 bits per heavy atom. The molecule has 0 amide bonds. The Kier molecular flexibility index (Phi) is 5.56. The highest BCUT2D eigenvalue weighted by Crippen LogP contribution is 2.23. The molecule has 1 aromatic rings. The molecule has 0 atom stereocenters. The van der Waals surface area contributed by atoms with E-state index >= 15 is 0 Å². The summed E-state index contributed by atoms with van der Waals surface area (Å²) >= 11 is 0. The van der Waals surface area contributed by atoms with Crippen LogP contribution in [0.15, 0.2) is 18.2 Å². The number of ether oxygens (including phenoxy) is 1. The first kappa shape index (κ1) is 15.8. The fraction of sp³-hybridized carbons (Fsp3) is 0.562. The number of carboxylic acids is 1. The Bertz CT molecular complexity index is 484. The maximum atomic E-state index is 13.8. The van der Waals surface area contributed by atoms with E-state index in [-0.39, 0.29) is 17.4 Å². The predicted octanol–water partition coefficient (Wildman–Crippen LogP) is 3.17. The quantitative estimate of drug-likeness (QED) is 0.876. The highest BCUT2D eigenvalue weighted by Gasteiger charge is 2.21. The number of piperidine rings is 1. The van der Waals surface area contributed by atoms with Gasteiger partial charge in [0.1, 0.15) is 6.10 Å². The lowest BCUT2D eigenvalue weighted by Gasteiger charge is -2.32. The zero-order valence-corrected chi connectivity index (χ0v) is 12.3. The molecule has 0 saturated carbocycles. The Hall–Kier alpha value is -1.62. The first-order chi connectivity index (χ1) is 10.1. The van der Waals surface area contributed by atoms with Crippen LogP contribution < -0.4 is 4.74 Å². The number of nitrogens with zero attached hydrogens (tertiary/aromatic N) is 1. The fourth-order valence-corrected chi connectivity index (χ4v) is 2.54. The number of hydrogen-bond donors (Lipinski definition) is 1. The van der Waals surface area contributed by atoms with Crippen LogP contribution in [0.5, 0.6) is 5.75 Å². The fourth-order valence-electron chi connectivity index (χ4n) is 2.54. The lowest BCUT2D eigenvalue weighted by molar-refractivity contribution is 0.0696. The van der Waals surface area contributed by atoms with E-state index in [0.717, 1.165) is 38.5 Å². The van der Waals surface area contributed by atoms with Gasteiger partial charge in [-0.2, -0.15) is 0 Å². The Morgan fingerprint density at radius 1 is 1.43 bits per heavy atom. The van der Waals surface area contributed by atoms with Crippen LogP contribution in [0.3, 0.4) is 0 Å². The average molecular weight is 295 g/mol. The van der Waals surface area contributed by atoms with E-state index in [0.29, 0.717) is 0 Å². The van der Waals surface area contributed by atoms with Gasteiger partial charge in [-0.15, -0.1) is 0 Å². The molecule has 116 valence electrons. The van der Waals surface area contributed by atoms with Gasteiger partial charge in [-0.3, -0.25) is 0 Å². The van der Waals surface area contributed by atoms with Crippen molar-refractivity contribution in [3.63, 3.8) is 0 Å². The van der Waals surface area contributed by atoms with Gasteiger partial charge in [0.05, 0.1) is 5.56 Å². The molecule has 5 heteroatoms. The van der Waals surface area contributed by atoms with E-state index in [1.807, 2.05) is 0 Å². The van der Waals surface area contributed by atoms with Crippen molar-refractivity contribution in [3.8, 4) is 5.75 Å². The minimum atomic E-state index is -1.13. The molecule has 2 rings (SSSR count). The number of benzene rings is 1. The average Bonchev–Trinajstić information content (AvgIpc) is 2.48. The van der Waals surface area contributed by atoms with E-state index < -0.39 is 11.8 Å². The molecular formula is C16H22FNO3. The lowest BCUT2D eigenvalue weighted by Crippen LogP contribution is -2.38. The maximum Gasteiger partial charge on any atom is 0.335 e. The summed E-state index contributed by atoms with van der Waals surface area (Å²) < 4.78 is 19.5. The van der Waals surface area contributed by atoms with Crippen LogP contribution in [0.25, 0.3) is 0 Å². The van der Waals surface area contributed by atoms with E-state index in [1.165, 1.54) is 25.0 Å². The van der Waals surface area contributed by atoms with Gasteiger partial charge >= 0.3 is 5.97 Å². The number of rotatable bonds is 6. The predicted molar refractivity (Wildman–Crippen MR) is 78.4 cm³/mol. The highest BCUT2D eigenvalue weighted by molar-refractivity contribution is 5.87. The SMILES string of the molecule is CCCCN1CCC(Oc2ccc(C(=O)O)cc2F)CC1. The summed E-state index contributed by atoms with van der Waals surface area (Å²) in [6.07, 6.45) is 4.16. The van der Waals surface area contributed by atoms with Gasteiger partial charge < -0.3 is 14.7 Å². The third-order valence-electron chi connectivity index (χ3n) is 3.83. The zero-order valence-electron chi connectivity index (χ0n) is 12.3. The van der Waals surface area contributed by atoms with Crippen LogP contribution in [0.4, 0.5) is 4.39 Å². The summed E-state index contributed by atoms with van der Waals surface area (Å²) in [6, 6.07) is 3.79. The monoisotopic (exact) mass is 295 g/mol. The van der Waals surface area contributed by atoms with Crippen molar-refractivity contribution >= 4 is 5.97 Å². The summed E-state index contributed by atoms with van der Waals surface area (Å²) in [7, 11) is 0. The van der Waals surface area contributed by atoms with Crippen molar-refractivity contribution in [2.24, 2.45) is 0 Å². The number of halogens is 1. The van der Waals surface area contributed by atoms with Gasteiger partial charge in [-0.1, -0.05) is 13.3 Å². The summed E-state index contributed by atoms with van der Waals surface area (Å²) in [5, 5.41) is 8.81. The van der Waals surface area contributed by atoms with Crippen LogP contribution >= 0.6 is 0 Å². The van der Waals surface area contributed by atoms with E-state index in [4.69, 9.17) is 9.84 Å². The number of hydrogen-bond acceptors (Lipinski definition) is 3. The molecule has 1 aliphatic heterocycles. The number of unbranched alkanes of at least 4 members (excludes halogenated alkanes) is 1. The molecule has 1 aliphatic rings. The number of likely N-dealkylation sites (tertiary alicyclic amines) is 1. The zero-order chi connectivity index (χ0) is 15.2. The van der Waals surface area contributed by atoms with Crippen LogP contribution in [0.1, 0.15) is 43.0 Å². The van der Waals surface area contributed by atoms with Crippen molar-refractivity contribution in [1.29, 1.82) is 0 Å². The van der Waals surface area contributed by atoms with Crippen LogP contribution in [-0.4, -0.2) is 41.7 Å². The smallest absolute Gasteiger partial charge is 0.335 e. The van der Waals surface area contributed by atoms with E-state index in [1.54, 1.807) is 0 Å². The molecule has 1 saturated heterocycles. The Morgan fingerprint density at radius 2 is 2.14 bits per heavy atom. The molecule has 1 fully saturated rings. The van der Waals surface area contributed by atoms with Crippen molar-refractivity contribution in [2.45, 2.75) is 38.7 Å². The number of carbonyl (C=O) groups is 1. The molecule has 0 bridgehead atoms. The van der Waals surface area contributed by atoms with Crippen molar-refractivity contribution in [2.75, 3.05) is 19.6 Å². The second-order valence-corrected chi connectivity index (χ2v) is 5.46. The van der Waals surface area contributed by atoms with Gasteiger partial charge in [0.15, 0.2) is 11.6 Å². The standard InChI is InChI=1S/C16H22FNO3/c1-2-3-8-18-9-6-13(7-10-18)21-15-5-4-12(16(19)20)11-14(15)17/h4-5,11,13H,2-3,6-10H2,1H3,(H,19,20). The largest absolute Gasteiger partial charge is 0.487 e. The highest BCUT2D eigenvalue weighted by atomic mass is 19.1. The summed E-state index contributed by atoms with van der Waals surface area (Å²) in [5.74, 6) is -1.60. The van der Waals surface area contributed by atoms with E-state index in [9.17, 15) is 9.18 Å². The van der Waals surface area contributed by atoms with Gasteiger partial charge in [0.2, 0.25) is 0 Å². The molecule has 1 heterocycles. The molecule has 0 unspecified atom stereocenters. The maximum absolute atomic E-state index is 13.8. The van der Waals surface area contributed by atoms with Crippen LogP contribution in [0, 0.1) is 5.82 Å². The first-order valence-electron chi connectivity index (χ1n) is 7.52.